The summed E-state index contributed by atoms with van der Waals surface area (Å²) in [7, 11) is 0. The van der Waals surface area contributed by atoms with Gasteiger partial charge in [0.15, 0.2) is 0 Å². The summed E-state index contributed by atoms with van der Waals surface area (Å²) in [4.78, 5) is 0. The largest absolute Gasteiger partial charge is 0.734 e. The smallest absolute Gasteiger partial charge is 0 e. The van der Waals surface area contributed by atoms with Gasteiger partial charge >= 0.3 is 0 Å². The van der Waals surface area contributed by atoms with E-state index in [0.717, 1.165) is 0 Å². The van der Waals surface area contributed by atoms with Crippen molar-refractivity contribution in [2.45, 2.75) is 0 Å². The molecule has 5 heteroatoms. The summed E-state index contributed by atoms with van der Waals surface area (Å²) in [5.41, 5.74) is 0. The van der Waals surface area contributed by atoms with Crippen molar-refractivity contribution in [1.82, 2.24) is 0 Å². The molecule has 2 nitrogen and oxygen atoms in total. The molecule has 1 rings (SSSR count). The molecule has 1 aromatic rings. The van der Waals surface area contributed by atoms with Gasteiger partial charge in [0.25, 0.3) is 0 Å². The summed E-state index contributed by atoms with van der Waals surface area (Å²) < 4.78 is 10.3. The van der Waals surface area contributed by atoms with Crippen LogP contribution in [0.3, 0.4) is 0 Å². The van der Waals surface area contributed by atoms with Crippen LogP contribution in [0.4, 0.5) is 0 Å². The molecule has 0 fully saturated rings. The molecule has 0 aromatic heterocycles. The van der Waals surface area contributed by atoms with Crippen molar-refractivity contribution in [3.05, 3.63) is 35.1 Å². The topological polar surface area (TPSA) is 34.7 Å². The standard InChI is InChI=1S/C5H5.Co.HN2S2/c1-2-4-5-3-1;;1-4-2-3/h1-5H;;3H/q-1;;-1/p-1. The fourth-order valence-corrected chi connectivity index (χ4v) is 0.321. The van der Waals surface area contributed by atoms with Gasteiger partial charge in [0, 0.05) is 16.8 Å². The van der Waals surface area contributed by atoms with Crippen molar-refractivity contribution < 1.29 is 16.8 Å². The Hall–Kier alpha value is 0.0265. The van der Waals surface area contributed by atoms with E-state index in [2.05, 4.69) is 16.6 Å². The first-order chi connectivity index (χ1) is 4.41. The van der Waals surface area contributed by atoms with Gasteiger partial charge in [0.1, 0.15) is 0 Å². The van der Waals surface area contributed by atoms with Crippen LogP contribution in [0.25, 0.3) is 4.78 Å². The summed E-state index contributed by atoms with van der Waals surface area (Å²) in [5.74, 6) is 0. The molecule has 0 atom stereocenters. The number of hydrogen-bond donors (Lipinski definition) is 0. The number of hydrogen-bond acceptors (Lipinski definition) is 2. The van der Waals surface area contributed by atoms with Gasteiger partial charge in [-0.15, -0.1) is 0 Å². The van der Waals surface area contributed by atoms with E-state index < -0.39 is 0 Å². The number of rotatable bonds is 0. The molecule has 0 heterocycles. The van der Waals surface area contributed by atoms with E-state index in [1.807, 2.05) is 30.3 Å². The molecular formula is C5H5CoN2S2-3. The van der Waals surface area contributed by atoms with Crippen LogP contribution in [0.5, 0.6) is 0 Å². The fraction of sp³-hybridized carbons (Fsp3) is 0. The third-order valence-corrected chi connectivity index (χ3v) is 0.856. The quantitative estimate of drug-likeness (QED) is 0.481. The average molecular weight is 216 g/mol. The summed E-state index contributed by atoms with van der Waals surface area (Å²) in [6.07, 6.45) is 0. The van der Waals surface area contributed by atoms with Crippen LogP contribution in [-0.4, -0.2) is 0 Å². The van der Waals surface area contributed by atoms with Gasteiger partial charge in [-0.25, -0.2) is 23.5 Å². The monoisotopic (exact) mass is 216 g/mol. The SMILES string of the molecule is [Co].[N-]=S=N[S-].c1cc[cH-]c1. The van der Waals surface area contributed by atoms with Crippen LogP contribution in [0, 0.1) is 0 Å². The third-order valence-electron chi connectivity index (χ3n) is 0.589. The number of nitrogens with zero attached hydrogens (tertiary/aromatic N) is 2. The van der Waals surface area contributed by atoms with Crippen molar-refractivity contribution in [2.75, 3.05) is 0 Å². The first-order valence-corrected chi connectivity index (χ1v) is 3.31. The third kappa shape index (κ3) is 10.9. The summed E-state index contributed by atoms with van der Waals surface area (Å²) in [6.45, 7) is 0. The average Bonchev–Trinajstić information content (AvgIpc) is 2.43. The van der Waals surface area contributed by atoms with E-state index >= 15 is 0 Å². The molecule has 0 aliphatic heterocycles. The molecule has 0 aliphatic carbocycles. The summed E-state index contributed by atoms with van der Waals surface area (Å²) >= 11 is 4.19. The summed E-state index contributed by atoms with van der Waals surface area (Å²) in [6, 6.07) is 10.0. The minimum atomic E-state index is 0. The minimum absolute atomic E-state index is 0. The van der Waals surface area contributed by atoms with Crippen LogP contribution in [0.15, 0.2) is 34.1 Å². The van der Waals surface area contributed by atoms with Crippen LogP contribution in [0.2, 0.25) is 0 Å². The van der Waals surface area contributed by atoms with Gasteiger partial charge in [-0.2, -0.15) is 18.2 Å². The van der Waals surface area contributed by atoms with Gasteiger partial charge in [0.05, 0.1) is 0 Å². The van der Waals surface area contributed by atoms with E-state index in [0.29, 0.717) is 11.4 Å². The molecule has 1 radical (unpaired) electrons. The Morgan fingerprint density at radius 3 is 1.90 bits per heavy atom. The molecule has 0 N–H and O–H groups in total. The zero-order valence-electron chi connectivity index (χ0n) is 4.93. The zero-order valence-corrected chi connectivity index (χ0v) is 7.61. The molecule has 0 aliphatic rings. The van der Waals surface area contributed by atoms with Gasteiger partial charge < -0.3 is 21.4 Å². The molecule has 0 saturated carbocycles. The zero-order chi connectivity index (χ0) is 6.95. The van der Waals surface area contributed by atoms with E-state index in [1.54, 1.807) is 0 Å². The maximum atomic E-state index is 7.52. The molecule has 1 aromatic carbocycles. The second kappa shape index (κ2) is 11.8. The fourth-order valence-electron chi connectivity index (χ4n) is 0.321. The molecule has 0 spiro atoms. The predicted molar refractivity (Wildman–Crippen MR) is 42.6 cm³/mol. The summed E-state index contributed by atoms with van der Waals surface area (Å²) in [5, 5.41) is 0. The Balaban J connectivity index is 0. The molecular weight excluding hydrogens is 211 g/mol. The molecule has 59 valence electrons. The van der Waals surface area contributed by atoms with Crippen molar-refractivity contribution >= 4 is 24.2 Å². The van der Waals surface area contributed by atoms with Crippen molar-refractivity contribution in [1.29, 1.82) is 0 Å². The maximum absolute atomic E-state index is 7.52. The van der Waals surface area contributed by atoms with Crippen LogP contribution in [0.1, 0.15) is 0 Å². The van der Waals surface area contributed by atoms with Crippen LogP contribution < -0.4 is 0 Å². The Labute approximate surface area is 79.8 Å². The Kier molecular flexibility index (Phi) is 14.9. The molecule has 0 amide bonds. The normalized spacial score (nSPS) is 6.10. The van der Waals surface area contributed by atoms with Crippen molar-refractivity contribution in [2.24, 2.45) is 3.77 Å². The van der Waals surface area contributed by atoms with E-state index in [4.69, 9.17) is 4.78 Å². The minimum Gasteiger partial charge on any atom is -0.734 e. The van der Waals surface area contributed by atoms with Crippen molar-refractivity contribution in [3.8, 4) is 0 Å². The molecule has 10 heavy (non-hydrogen) atoms. The van der Waals surface area contributed by atoms with Crippen molar-refractivity contribution in [3.63, 3.8) is 0 Å². The Morgan fingerprint density at radius 2 is 1.80 bits per heavy atom. The Morgan fingerprint density at radius 1 is 1.40 bits per heavy atom. The first kappa shape index (κ1) is 12.7. The van der Waals surface area contributed by atoms with Crippen LogP contribution >= 0.6 is 0 Å². The van der Waals surface area contributed by atoms with E-state index in [1.165, 1.54) is 0 Å². The second-order valence-corrected chi connectivity index (χ2v) is 1.88. The Bertz CT molecular complexity index is 153. The van der Waals surface area contributed by atoms with Gasteiger partial charge in [0.2, 0.25) is 0 Å². The van der Waals surface area contributed by atoms with E-state index in [9.17, 15) is 0 Å². The second-order valence-electron chi connectivity index (χ2n) is 1.12. The maximum Gasteiger partial charge on any atom is 0 e. The van der Waals surface area contributed by atoms with Crippen LogP contribution in [-0.2, 0) is 40.9 Å². The van der Waals surface area contributed by atoms with Gasteiger partial charge in [-0.1, -0.05) is 0 Å². The predicted octanol–water partition coefficient (Wildman–Crippen LogP) is 1.87. The van der Waals surface area contributed by atoms with Gasteiger partial charge in [-0.3, -0.25) is 0 Å². The first-order valence-electron chi connectivity index (χ1n) is 2.21. The van der Waals surface area contributed by atoms with Gasteiger partial charge in [-0.05, 0) is 0 Å². The molecule has 0 unspecified atom stereocenters. The molecule has 0 saturated heterocycles. The van der Waals surface area contributed by atoms with E-state index in [-0.39, 0.29) is 16.8 Å². The molecule has 0 bridgehead atoms.